The molecular formula is C29H36N2O. The van der Waals surface area contributed by atoms with Gasteiger partial charge in [-0.3, -0.25) is 4.79 Å². The summed E-state index contributed by atoms with van der Waals surface area (Å²) in [6.45, 7) is 11.2. The third kappa shape index (κ3) is 4.30. The summed E-state index contributed by atoms with van der Waals surface area (Å²) in [5.74, 6) is 1.96. The Labute approximate surface area is 192 Å². The zero-order valence-electron chi connectivity index (χ0n) is 20.1. The Bertz CT molecular complexity index is 1050. The van der Waals surface area contributed by atoms with Crippen molar-refractivity contribution in [2.75, 3.05) is 0 Å². The number of fused-ring (bicyclic) bond motifs is 1. The fraction of sp³-hybridized carbons (Fsp3) is 0.448. The Kier molecular flexibility index (Phi) is 6.64. The molecule has 0 saturated heterocycles. The maximum atomic E-state index is 13.8. The van der Waals surface area contributed by atoms with Gasteiger partial charge in [-0.25, -0.2) is 0 Å². The Morgan fingerprint density at radius 1 is 0.969 bits per heavy atom. The van der Waals surface area contributed by atoms with E-state index in [1.165, 1.54) is 11.1 Å². The molecule has 1 aliphatic carbocycles. The molecule has 3 heteroatoms. The van der Waals surface area contributed by atoms with Gasteiger partial charge in [-0.2, -0.15) is 9.78 Å². The smallest absolute Gasteiger partial charge is 0.248 e. The molecule has 0 unspecified atom stereocenters. The minimum atomic E-state index is 0.0931. The Morgan fingerprint density at radius 2 is 1.59 bits per heavy atom. The lowest BCUT2D eigenvalue weighted by molar-refractivity contribution is 0.0870. The van der Waals surface area contributed by atoms with E-state index in [1.807, 2.05) is 12.1 Å². The van der Waals surface area contributed by atoms with E-state index in [4.69, 9.17) is 5.10 Å². The molecule has 4 rings (SSSR count). The van der Waals surface area contributed by atoms with Crippen molar-refractivity contribution in [1.29, 1.82) is 0 Å². The van der Waals surface area contributed by atoms with Crippen LogP contribution in [0.1, 0.15) is 93.3 Å². The summed E-state index contributed by atoms with van der Waals surface area (Å²) in [5.41, 5.74) is 5.76. The second kappa shape index (κ2) is 9.44. The standard InChI is InChI=1S/C29H36N2O/c1-19(2)24-17-16-21(5)27-28(24)30-31(29(27)23-14-10-7-11-15-23)26(32)18-25(20(3)4)22-12-8-6-9-13-22/h6-15,19-21,24-25H,16-18H2,1-5H3/t21-,24+,25-/m1/s1. The summed E-state index contributed by atoms with van der Waals surface area (Å²) < 4.78 is 1.76. The normalized spacial score (nSPS) is 19.2. The van der Waals surface area contributed by atoms with E-state index in [1.54, 1.807) is 4.68 Å². The second-order valence-corrected chi connectivity index (χ2v) is 10.1. The zero-order chi connectivity index (χ0) is 22.8. The van der Waals surface area contributed by atoms with Crippen LogP contribution in [-0.2, 0) is 0 Å². The maximum absolute atomic E-state index is 13.8. The van der Waals surface area contributed by atoms with Gasteiger partial charge in [0.1, 0.15) is 0 Å². The molecule has 1 aromatic heterocycles. The van der Waals surface area contributed by atoms with Gasteiger partial charge < -0.3 is 0 Å². The summed E-state index contributed by atoms with van der Waals surface area (Å²) in [6, 6.07) is 20.8. The predicted molar refractivity (Wildman–Crippen MR) is 132 cm³/mol. The molecule has 3 atom stereocenters. The molecule has 32 heavy (non-hydrogen) atoms. The summed E-state index contributed by atoms with van der Waals surface area (Å²) in [7, 11) is 0. The van der Waals surface area contributed by atoms with Gasteiger partial charge in [0, 0.05) is 23.5 Å². The van der Waals surface area contributed by atoms with Gasteiger partial charge in [-0.05, 0) is 42.1 Å². The Morgan fingerprint density at radius 3 is 2.19 bits per heavy atom. The molecule has 0 N–H and O–H groups in total. The number of aromatic nitrogens is 2. The summed E-state index contributed by atoms with van der Waals surface area (Å²) >= 11 is 0. The van der Waals surface area contributed by atoms with Crippen molar-refractivity contribution in [3.63, 3.8) is 0 Å². The lowest BCUT2D eigenvalue weighted by Gasteiger charge is -2.28. The average Bonchev–Trinajstić information content (AvgIpc) is 3.20. The van der Waals surface area contributed by atoms with Crippen LogP contribution in [0, 0.1) is 11.8 Å². The number of carbonyl (C=O) groups excluding carboxylic acids is 1. The van der Waals surface area contributed by atoms with E-state index in [9.17, 15) is 4.79 Å². The highest BCUT2D eigenvalue weighted by atomic mass is 16.2. The highest BCUT2D eigenvalue weighted by Crippen LogP contribution is 2.46. The first-order valence-electron chi connectivity index (χ1n) is 12.1. The van der Waals surface area contributed by atoms with Gasteiger partial charge in [0.25, 0.3) is 0 Å². The fourth-order valence-electron chi connectivity index (χ4n) is 5.33. The summed E-state index contributed by atoms with van der Waals surface area (Å²) in [5, 5.41) is 5.05. The lowest BCUT2D eigenvalue weighted by Crippen LogP contribution is -2.20. The van der Waals surface area contributed by atoms with Crippen molar-refractivity contribution >= 4 is 5.91 Å². The zero-order valence-corrected chi connectivity index (χ0v) is 20.1. The predicted octanol–water partition coefficient (Wildman–Crippen LogP) is 7.66. The van der Waals surface area contributed by atoms with Gasteiger partial charge in [-0.15, -0.1) is 0 Å². The Balaban J connectivity index is 1.81. The van der Waals surface area contributed by atoms with E-state index in [-0.39, 0.29) is 11.8 Å². The van der Waals surface area contributed by atoms with E-state index < -0.39 is 0 Å². The molecule has 168 valence electrons. The highest BCUT2D eigenvalue weighted by Gasteiger charge is 2.35. The van der Waals surface area contributed by atoms with E-state index in [0.29, 0.717) is 30.1 Å². The maximum Gasteiger partial charge on any atom is 0.248 e. The van der Waals surface area contributed by atoms with Crippen LogP contribution in [0.25, 0.3) is 11.3 Å². The molecule has 1 heterocycles. The number of hydrogen-bond donors (Lipinski definition) is 0. The molecule has 1 aliphatic rings. The number of rotatable bonds is 6. The van der Waals surface area contributed by atoms with Crippen LogP contribution < -0.4 is 0 Å². The molecule has 0 saturated carbocycles. The van der Waals surface area contributed by atoms with Gasteiger partial charge in [0.15, 0.2) is 0 Å². The van der Waals surface area contributed by atoms with E-state index >= 15 is 0 Å². The number of carbonyl (C=O) groups is 1. The van der Waals surface area contributed by atoms with Gasteiger partial charge in [-0.1, -0.05) is 95.3 Å². The monoisotopic (exact) mass is 428 g/mol. The van der Waals surface area contributed by atoms with Crippen molar-refractivity contribution in [2.45, 2.75) is 71.6 Å². The average molecular weight is 429 g/mol. The van der Waals surface area contributed by atoms with Gasteiger partial charge >= 0.3 is 0 Å². The quantitative estimate of drug-likeness (QED) is 0.404. The van der Waals surface area contributed by atoms with E-state index in [0.717, 1.165) is 29.8 Å². The molecule has 0 fully saturated rings. The van der Waals surface area contributed by atoms with Crippen molar-refractivity contribution in [3.05, 3.63) is 77.5 Å². The molecule has 0 spiro atoms. The summed E-state index contributed by atoms with van der Waals surface area (Å²) in [6.07, 6.45) is 2.75. The first-order valence-corrected chi connectivity index (χ1v) is 12.1. The third-order valence-electron chi connectivity index (χ3n) is 7.22. The minimum absolute atomic E-state index is 0.0931. The van der Waals surface area contributed by atoms with Crippen LogP contribution >= 0.6 is 0 Å². The van der Waals surface area contributed by atoms with Crippen LogP contribution in [0.15, 0.2) is 60.7 Å². The molecule has 0 aliphatic heterocycles. The topological polar surface area (TPSA) is 34.9 Å². The van der Waals surface area contributed by atoms with Crippen molar-refractivity contribution in [3.8, 4) is 11.3 Å². The van der Waals surface area contributed by atoms with Gasteiger partial charge in [0.05, 0.1) is 11.4 Å². The van der Waals surface area contributed by atoms with Crippen LogP contribution in [0.2, 0.25) is 0 Å². The number of nitrogens with zero attached hydrogens (tertiary/aromatic N) is 2. The van der Waals surface area contributed by atoms with Crippen LogP contribution in [0.3, 0.4) is 0 Å². The molecule has 3 nitrogen and oxygen atoms in total. The number of benzene rings is 2. The fourth-order valence-corrected chi connectivity index (χ4v) is 5.33. The van der Waals surface area contributed by atoms with Crippen LogP contribution in [-0.4, -0.2) is 15.7 Å². The van der Waals surface area contributed by atoms with Crippen LogP contribution in [0.5, 0.6) is 0 Å². The molecule has 2 aromatic carbocycles. The molecule has 3 aromatic rings. The van der Waals surface area contributed by atoms with Crippen molar-refractivity contribution < 1.29 is 4.79 Å². The van der Waals surface area contributed by atoms with Crippen LogP contribution in [0.4, 0.5) is 0 Å². The lowest BCUT2D eigenvalue weighted by atomic mass is 9.75. The highest BCUT2D eigenvalue weighted by molar-refractivity contribution is 5.85. The van der Waals surface area contributed by atoms with Crippen molar-refractivity contribution in [2.24, 2.45) is 11.8 Å². The first-order chi connectivity index (χ1) is 15.4. The van der Waals surface area contributed by atoms with Crippen molar-refractivity contribution in [1.82, 2.24) is 9.78 Å². The molecule has 0 radical (unpaired) electrons. The third-order valence-corrected chi connectivity index (χ3v) is 7.22. The minimum Gasteiger partial charge on any atom is -0.273 e. The summed E-state index contributed by atoms with van der Waals surface area (Å²) in [4.78, 5) is 13.8. The molecular weight excluding hydrogens is 392 g/mol. The number of hydrogen-bond acceptors (Lipinski definition) is 2. The SMILES string of the molecule is CC(C)[C@@H]1CC[C@@H](C)c2c1nn(C(=O)C[C@@H](c1ccccc1)C(C)C)c2-c1ccccc1. The largest absolute Gasteiger partial charge is 0.273 e. The molecule has 0 amide bonds. The first kappa shape index (κ1) is 22.5. The van der Waals surface area contributed by atoms with Gasteiger partial charge in [0.2, 0.25) is 5.91 Å². The van der Waals surface area contributed by atoms with E-state index in [2.05, 4.69) is 83.1 Å². The molecule has 0 bridgehead atoms. The second-order valence-electron chi connectivity index (χ2n) is 10.1. The Hall–Kier alpha value is -2.68.